The minimum Gasteiger partial charge on any atom is -0.481 e. The van der Waals surface area contributed by atoms with E-state index in [0.717, 1.165) is 6.42 Å². The molecule has 1 heterocycles. The fourth-order valence-corrected chi connectivity index (χ4v) is 2.13. The Morgan fingerprint density at radius 2 is 2.31 bits per heavy atom. The Kier molecular flexibility index (Phi) is 2.93. The van der Waals surface area contributed by atoms with Crippen LogP contribution in [-0.2, 0) is 0 Å². The van der Waals surface area contributed by atoms with E-state index in [1.165, 1.54) is 0 Å². The van der Waals surface area contributed by atoms with Crippen molar-refractivity contribution in [2.24, 2.45) is 5.41 Å². The first-order chi connectivity index (χ1) is 7.54. The van der Waals surface area contributed by atoms with E-state index in [1.807, 2.05) is 0 Å². The van der Waals surface area contributed by atoms with E-state index in [1.54, 1.807) is 19.4 Å². The topological polar surface area (TPSA) is 47.0 Å². The highest BCUT2D eigenvalue weighted by Gasteiger charge is 2.47. The monoisotopic (exact) mass is 241 g/mol. The van der Waals surface area contributed by atoms with Crippen LogP contribution < -0.4 is 10.1 Å². The van der Waals surface area contributed by atoms with Crippen LogP contribution in [0, 0.1) is 5.41 Å². The van der Waals surface area contributed by atoms with Crippen LogP contribution in [0.15, 0.2) is 12.3 Å². The largest absolute Gasteiger partial charge is 0.481 e. The molecule has 1 aromatic rings. The fourth-order valence-electron chi connectivity index (χ4n) is 1.80. The van der Waals surface area contributed by atoms with Gasteiger partial charge in [0.15, 0.2) is 0 Å². The Labute approximate surface area is 100 Å². The lowest BCUT2D eigenvalue weighted by atomic mass is 9.67. The summed E-state index contributed by atoms with van der Waals surface area (Å²) < 4.78 is 5.04. The molecule has 0 bridgehead atoms. The van der Waals surface area contributed by atoms with Crippen LogP contribution in [0.5, 0.6) is 5.88 Å². The molecule has 0 amide bonds. The second-order valence-electron chi connectivity index (χ2n) is 4.64. The first-order valence-corrected chi connectivity index (χ1v) is 5.75. The van der Waals surface area contributed by atoms with Crippen molar-refractivity contribution in [2.45, 2.75) is 31.7 Å². The molecule has 88 valence electrons. The molecule has 0 saturated heterocycles. The number of nitrogens with one attached hydrogen (secondary N) is 1. The Hall–Kier alpha value is -1.03. The molecule has 1 aliphatic rings. The third-order valence-corrected chi connectivity index (χ3v) is 4.03. The lowest BCUT2D eigenvalue weighted by Gasteiger charge is -2.49. The number of rotatable bonds is 3. The van der Waals surface area contributed by atoms with Gasteiger partial charge in [-0.25, -0.2) is 4.98 Å². The van der Waals surface area contributed by atoms with Crippen LogP contribution in [-0.4, -0.2) is 28.5 Å². The maximum atomic E-state index is 6.15. The molecule has 0 aromatic carbocycles. The fraction of sp³-hybridized carbons (Fsp3) is 0.636. The molecule has 2 atom stereocenters. The van der Waals surface area contributed by atoms with Crippen LogP contribution in [0.3, 0.4) is 0 Å². The van der Waals surface area contributed by atoms with Crippen molar-refractivity contribution in [1.29, 1.82) is 0 Å². The van der Waals surface area contributed by atoms with Gasteiger partial charge in [0, 0.05) is 29.1 Å². The third-order valence-electron chi connectivity index (χ3n) is 3.29. The molecular formula is C11H16ClN3O. The molecule has 2 unspecified atom stereocenters. The third kappa shape index (κ3) is 1.94. The molecule has 1 fully saturated rings. The quantitative estimate of drug-likeness (QED) is 0.825. The standard InChI is InChI=1S/C11H16ClN3O/c1-11(2)7(12)6-8(11)14-10-13-5-4-9(15-10)16-3/h4-5,7-8H,6H2,1-3H3,(H,13,14,15). The summed E-state index contributed by atoms with van der Waals surface area (Å²) in [5, 5.41) is 3.51. The first kappa shape index (κ1) is 11.5. The van der Waals surface area contributed by atoms with E-state index in [9.17, 15) is 0 Å². The number of hydrogen-bond donors (Lipinski definition) is 1. The first-order valence-electron chi connectivity index (χ1n) is 5.31. The zero-order valence-electron chi connectivity index (χ0n) is 9.70. The van der Waals surface area contributed by atoms with Crippen molar-refractivity contribution in [1.82, 2.24) is 9.97 Å². The van der Waals surface area contributed by atoms with Crippen LogP contribution >= 0.6 is 11.6 Å². The Morgan fingerprint density at radius 1 is 1.56 bits per heavy atom. The Morgan fingerprint density at radius 3 is 2.88 bits per heavy atom. The van der Waals surface area contributed by atoms with Gasteiger partial charge in [-0.15, -0.1) is 11.6 Å². The molecule has 0 aliphatic heterocycles. The van der Waals surface area contributed by atoms with Crippen molar-refractivity contribution in [3.8, 4) is 5.88 Å². The van der Waals surface area contributed by atoms with Gasteiger partial charge in [-0.2, -0.15) is 4.98 Å². The summed E-state index contributed by atoms with van der Waals surface area (Å²) in [6, 6.07) is 2.05. The smallest absolute Gasteiger partial charge is 0.226 e. The van der Waals surface area contributed by atoms with Crippen molar-refractivity contribution in [3.05, 3.63) is 12.3 Å². The predicted molar refractivity (Wildman–Crippen MR) is 64.0 cm³/mol. The molecule has 16 heavy (non-hydrogen) atoms. The zero-order chi connectivity index (χ0) is 11.8. The lowest BCUT2D eigenvalue weighted by Crippen LogP contribution is -2.54. The number of aromatic nitrogens is 2. The molecule has 1 N–H and O–H groups in total. The van der Waals surface area contributed by atoms with E-state index in [-0.39, 0.29) is 10.8 Å². The van der Waals surface area contributed by atoms with Gasteiger partial charge in [0.05, 0.1) is 7.11 Å². The molecule has 1 aliphatic carbocycles. The summed E-state index contributed by atoms with van der Waals surface area (Å²) in [5.41, 5.74) is 0.0774. The van der Waals surface area contributed by atoms with E-state index in [4.69, 9.17) is 16.3 Å². The van der Waals surface area contributed by atoms with Gasteiger partial charge in [0.25, 0.3) is 0 Å². The molecule has 1 aromatic heterocycles. The highest BCUT2D eigenvalue weighted by molar-refractivity contribution is 6.21. The average Bonchev–Trinajstić information content (AvgIpc) is 2.29. The summed E-state index contributed by atoms with van der Waals surface area (Å²) in [7, 11) is 1.59. The minimum atomic E-state index is 0.0774. The summed E-state index contributed by atoms with van der Waals surface area (Å²) >= 11 is 6.15. The number of hydrogen-bond acceptors (Lipinski definition) is 4. The number of halogens is 1. The summed E-state index contributed by atoms with van der Waals surface area (Å²) in [5.74, 6) is 1.16. The van der Waals surface area contributed by atoms with Crippen molar-refractivity contribution < 1.29 is 4.74 Å². The molecule has 4 nitrogen and oxygen atoms in total. The predicted octanol–water partition coefficient (Wildman–Crippen LogP) is 2.30. The highest BCUT2D eigenvalue weighted by Crippen LogP contribution is 2.45. The second kappa shape index (κ2) is 4.09. The number of nitrogens with zero attached hydrogens (tertiary/aromatic N) is 2. The number of alkyl halides is 1. The molecule has 1 saturated carbocycles. The van der Waals surface area contributed by atoms with E-state index in [0.29, 0.717) is 17.9 Å². The molecule has 0 spiro atoms. The van der Waals surface area contributed by atoms with Gasteiger partial charge >= 0.3 is 0 Å². The lowest BCUT2D eigenvalue weighted by molar-refractivity contribution is 0.167. The van der Waals surface area contributed by atoms with Crippen molar-refractivity contribution in [2.75, 3.05) is 12.4 Å². The van der Waals surface area contributed by atoms with Crippen LogP contribution in [0.1, 0.15) is 20.3 Å². The maximum Gasteiger partial charge on any atom is 0.226 e. The minimum absolute atomic E-state index is 0.0774. The molecule has 5 heteroatoms. The normalized spacial score (nSPS) is 27.0. The Balaban J connectivity index is 2.05. The van der Waals surface area contributed by atoms with Gasteiger partial charge in [-0.05, 0) is 6.42 Å². The van der Waals surface area contributed by atoms with E-state index >= 15 is 0 Å². The van der Waals surface area contributed by atoms with Gasteiger partial charge in [-0.3, -0.25) is 0 Å². The second-order valence-corrected chi connectivity index (χ2v) is 5.17. The van der Waals surface area contributed by atoms with Crippen molar-refractivity contribution >= 4 is 17.5 Å². The summed E-state index contributed by atoms with van der Waals surface area (Å²) in [6.07, 6.45) is 2.62. The van der Waals surface area contributed by atoms with Crippen LogP contribution in [0.25, 0.3) is 0 Å². The molecule has 0 radical (unpaired) electrons. The molecular weight excluding hydrogens is 226 g/mol. The Bertz CT molecular complexity index is 383. The molecule has 2 rings (SSSR count). The summed E-state index contributed by atoms with van der Waals surface area (Å²) in [6.45, 7) is 4.29. The average molecular weight is 242 g/mol. The van der Waals surface area contributed by atoms with Crippen molar-refractivity contribution in [3.63, 3.8) is 0 Å². The van der Waals surface area contributed by atoms with Gasteiger partial charge < -0.3 is 10.1 Å². The van der Waals surface area contributed by atoms with Crippen LogP contribution in [0.2, 0.25) is 0 Å². The maximum absolute atomic E-state index is 6.15. The number of anilines is 1. The van der Waals surface area contributed by atoms with Gasteiger partial charge in [0.1, 0.15) is 0 Å². The number of methoxy groups -OCH3 is 1. The number of ether oxygens (including phenoxy) is 1. The van der Waals surface area contributed by atoms with Crippen LogP contribution in [0.4, 0.5) is 5.95 Å². The van der Waals surface area contributed by atoms with Gasteiger partial charge in [0.2, 0.25) is 11.8 Å². The zero-order valence-corrected chi connectivity index (χ0v) is 10.5. The summed E-state index contributed by atoms with van der Waals surface area (Å²) in [4.78, 5) is 8.37. The highest BCUT2D eigenvalue weighted by atomic mass is 35.5. The SMILES string of the molecule is COc1ccnc(NC2CC(Cl)C2(C)C)n1. The van der Waals surface area contributed by atoms with E-state index < -0.39 is 0 Å². The van der Waals surface area contributed by atoms with E-state index in [2.05, 4.69) is 29.1 Å². The van der Waals surface area contributed by atoms with Gasteiger partial charge in [-0.1, -0.05) is 13.8 Å².